The van der Waals surface area contributed by atoms with Crippen LogP contribution in [-0.2, 0) is 11.2 Å². The standard InChI is InChI=1S/C16H21N5O/c1-11-6-13(7-12(2)19-11)8-15(22)21-5-3-4-14(9-21)16-17-10-18-20-16/h6-7,10,14H,3-5,8-9H2,1-2H3,(H,17,18,20). The van der Waals surface area contributed by atoms with Crippen LogP contribution in [0.4, 0.5) is 0 Å². The number of nitrogens with one attached hydrogen (secondary N) is 1. The summed E-state index contributed by atoms with van der Waals surface area (Å²) in [5.41, 5.74) is 2.96. The Hall–Kier alpha value is -2.24. The highest BCUT2D eigenvalue weighted by Crippen LogP contribution is 2.24. The normalized spacial score (nSPS) is 18.5. The monoisotopic (exact) mass is 299 g/mol. The molecule has 1 saturated heterocycles. The van der Waals surface area contributed by atoms with Crippen molar-refractivity contribution in [3.8, 4) is 0 Å². The topological polar surface area (TPSA) is 74.8 Å². The molecule has 6 nitrogen and oxygen atoms in total. The molecule has 1 aliphatic rings. The van der Waals surface area contributed by atoms with Crippen LogP contribution in [0.2, 0.25) is 0 Å². The highest BCUT2D eigenvalue weighted by atomic mass is 16.2. The van der Waals surface area contributed by atoms with Gasteiger partial charge in [0.25, 0.3) is 0 Å². The molecule has 3 rings (SSSR count). The van der Waals surface area contributed by atoms with Crippen molar-refractivity contribution in [1.29, 1.82) is 0 Å². The van der Waals surface area contributed by atoms with E-state index in [1.165, 1.54) is 6.33 Å². The van der Waals surface area contributed by atoms with E-state index in [0.717, 1.165) is 48.7 Å². The van der Waals surface area contributed by atoms with Crippen molar-refractivity contribution in [3.63, 3.8) is 0 Å². The number of hydrogen-bond donors (Lipinski definition) is 1. The lowest BCUT2D eigenvalue weighted by Gasteiger charge is -2.31. The third kappa shape index (κ3) is 3.32. The van der Waals surface area contributed by atoms with Gasteiger partial charge in [0.05, 0.1) is 6.42 Å². The number of H-pyrrole nitrogens is 1. The zero-order chi connectivity index (χ0) is 15.5. The Morgan fingerprint density at radius 1 is 1.36 bits per heavy atom. The van der Waals surface area contributed by atoms with Crippen LogP contribution in [-0.4, -0.2) is 44.1 Å². The van der Waals surface area contributed by atoms with Crippen LogP contribution in [0, 0.1) is 13.8 Å². The van der Waals surface area contributed by atoms with Crippen molar-refractivity contribution in [1.82, 2.24) is 25.1 Å². The molecule has 1 amide bonds. The summed E-state index contributed by atoms with van der Waals surface area (Å²) in [6.45, 7) is 5.47. The number of hydrogen-bond acceptors (Lipinski definition) is 4. The minimum atomic E-state index is 0.175. The molecule has 1 aliphatic heterocycles. The number of rotatable bonds is 3. The van der Waals surface area contributed by atoms with Gasteiger partial charge in [0.2, 0.25) is 5.91 Å². The van der Waals surface area contributed by atoms with Crippen molar-refractivity contribution in [2.45, 2.75) is 39.0 Å². The predicted octanol–water partition coefficient (Wildman–Crippen LogP) is 1.77. The van der Waals surface area contributed by atoms with E-state index in [1.54, 1.807) is 0 Å². The Labute approximate surface area is 130 Å². The van der Waals surface area contributed by atoms with Gasteiger partial charge in [-0.25, -0.2) is 4.98 Å². The third-order valence-electron chi connectivity index (χ3n) is 4.09. The second-order valence-electron chi connectivity index (χ2n) is 5.98. The number of piperidine rings is 1. The first-order valence-corrected chi connectivity index (χ1v) is 7.69. The highest BCUT2D eigenvalue weighted by molar-refractivity contribution is 5.79. The van der Waals surface area contributed by atoms with Crippen molar-refractivity contribution in [2.24, 2.45) is 0 Å². The van der Waals surface area contributed by atoms with Gasteiger partial charge < -0.3 is 4.90 Å². The molecule has 2 aromatic rings. The van der Waals surface area contributed by atoms with Crippen molar-refractivity contribution in [2.75, 3.05) is 13.1 Å². The number of aryl methyl sites for hydroxylation is 2. The van der Waals surface area contributed by atoms with Crippen LogP contribution in [0.3, 0.4) is 0 Å². The molecule has 0 bridgehead atoms. The summed E-state index contributed by atoms with van der Waals surface area (Å²) < 4.78 is 0. The summed E-state index contributed by atoms with van der Waals surface area (Å²) in [5, 5.41) is 6.83. The first-order chi connectivity index (χ1) is 10.6. The van der Waals surface area contributed by atoms with Crippen LogP contribution < -0.4 is 0 Å². The first-order valence-electron chi connectivity index (χ1n) is 7.69. The van der Waals surface area contributed by atoms with E-state index in [0.29, 0.717) is 6.42 Å². The minimum absolute atomic E-state index is 0.175. The Bertz CT molecular complexity index is 632. The summed E-state index contributed by atoms with van der Waals surface area (Å²) in [4.78, 5) is 23.1. The summed E-state index contributed by atoms with van der Waals surface area (Å²) >= 11 is 0. The van der Waals surface area contributed by atoms with Crippen molar-refractivity contribution < 1.29 is 4.79 Å². The molecule has 1 atom stereocenters. The van der Waals surface area contributed by atoms with Crippen LogP contribution >= 0.6 is 0 Å². The molecule has 0 spiro atoms. The van der Waals surface area contributed by atoms with Gasteiger partial charge in [-0.05, 0) is 44.4 Å². The van der Waals surface area contributed by atoms with Crippen LogP contribution in [0.25, 0.3) is 0 Å². The number of likely N-dealkylation sites (tertiary alicyclic amines) is 1. The molecule has 0 radical (unpaired) electrons. The van der Waals surface area contributed by atoms with E-state index < -0.39 is 0 Å². The summed E-state index contributed by atoms with van der Waals surface area (Å²) in [6, 6.07) is 3.98. The first kappa shape index (κ1) is 14.7. The molecule has 2 aromatic heterocycles. The lowest BCUT2D eigenvalue weighted by Crippen LogP contribution is -2.40. The van der Waals surface area contributed by atoms with Gasteiger partial charge in [-0.3, -0.25) is 14.9 Å². The highest BCUT2D eigenvalue weighted by Gasteiger charge is 2.26. The Balaban J connectivity index is 1.66. The molecular weight excluding hydrogens is 278 g/mol. The lowest BCUT2D eigenvalue weighted by molar-refractivity contribution is -0.131. The van der Waals surface area contributed by atoms with E-state index in [-0.39, 0.29) is 11.8 Å². The molecule has 0 aromatic carbocycles. The maximum atomic E-state index is 12.6. The second kappa shape index (κ2) is 6.25. The van der Waals surface area contributed by atoms with Crippen molar-refractivity contribution >= 4 is 5.91 Å². The summed E-state index contributed by atoms with van der Waals surface area (Å²) in [7, 11) is 0. The molecule has 22 heavy (non-hydrogen) atoms. The number of carbonyl (C=O) groups excluding carboxylic acids is 1. The van der Waals surface area contributed by atoms with Crippen LogP contribution in [0.5, 0.6) is 0 Å². The maximum Gasteiger partial charge on any atom is 0.227 e. The zero-order valence-corrected chi connectivity index (χ0v) is 13.0. The number of aromatic nitrogens is 4. The van der Waals surface area contributed by atoms with E-state index in [1.807, 2.05) is 30.9 Å². The minimum Gasteiger partial charge on any atom is -0.342 e. The number of pyridine rings is 1. The molecule has 1 N–H and O–H groups in total. The molecule has 6 heteroatoms. The molecule has 116 valence electrons. The molecule has 1 fully saturated rings. The number of nitrogens with zero attached hydrogens (tertiary/aromatic N) is 4. The van der Waals surface area contributed by atoms with Gasteiger partial charge in [-0.1, -0.05) is 0 Å². The van der Waals surface area contributed by atoms with Crippen LogP contribution in [0.1, 0.15) is 41.5 Å². The fraction of sp³-hybridized carbons (Fsp3) is 0.500. The average molecular weight is 299 g/mol. The van der Waals surface area contributed by atoms with E-state index in [4.69, 9.17) is 0 Å². The largest absolute Gasteiger partial charge is 0.342 e. The number of aromatic amines is 1. The summed E-state index contributed by atoms with van der Waals surface area (Å²) in [5.74, 6) is 1.32. The fourth-order valence-electron chi connectivity index (χ4n) is 3.15. The maximum absolute atomic E-state index is 12.6. The second-order valence-corrected chi connectivity index (χ2v) is 5.98. The Morgan fingerprint density at radius 2 is 2.14 bits per heavy atom. The van der Waals surface area contributed by atoms with Crippen molar-refractivity contribution in [3.05, 3.63) is 41.2 Å². The number of amides is 1. The average Bonchev–Trinajstić information content (AvgIpc) is 3.00. The molecule has 1 unspecified atom stereocenters. The smallest absolute Gasteiger partial charge is 0.227 e. The number of carbonyl (C=O) groups is 1. The molecule has 0 saturated carbocycles. The third-order valence-corrected chi connectivity index (χ3v) is 4.09. The molecule has 0 aliphatic carbocycles. The predicted molar refractivity (Wildman–Crippen MR) is 82.4 cm³/mol. The van der Waals surface area contributed by atoms with E-state index >= 15 is 0 Å². The van der Waals surface area contributed by atoms with Gasteiger partial charge in [0, 0.05) is 30.4 Å². The SMILES string of the molecule is Cc1cc(CC(=O)N2CCCC(c3ncn[nH]3)C2)cc(C)n1. The van der Waals surface area contributed by atoms with E-state index in [2.05, 4.69) is 20.2 Å². The van der Waals surface area contributed by atoms with Gasteiger partial charge >= 0.3 is 0 Å². The van der Waals surface area contributed by atoms with Gasteiger partial charge in [0.1, 0.15) is 12.2 Å². The Kier molecular flexibility index (Phi) is 4.18. The van der Waals surface area contributed by atoms with Crippen LogP contribution in [0.15, 0.2) is 18.5 Å². The van der Waals surface area contributed by atoms with Gasteiger partial charge in [-0.15, -0.1) is 0 Å². The van der Waals surface area contributed by atoms with E-state index in [9.17, 15) is 4.79 Å². The van der Waals surface area contributed by atoms with Gasteiger partial charge in [0.15, 0.2) is 0 Å². The molecular formula is C16H21N5O. The lowest BCUT2D eigenvalue weighted by atomic mass is 9.96. The summed E-state index contributed by atoms with van der Waals surface area (Å²) in [6.07, 6.45) is 4.02. The Morgan fingerprint density at radius 3 is 2.82 bits per heavy atom. The fourth-order valence-corrected chi connectivity index (χ4v) is 3.15. The van der Waals surface area contributed by atoms with Gasteiger partial charge in [-0.2, -0.15) is 5.10 Å². The zero-order valence-electron chi connectivity index (χ0n) is 13.0. The quantitative estimate of drug-likeness (QED) is 0.937. The molecule has 3 heterocycles.